The standard InChI is InChI=1S/C16H20ClN3O/c1-4-7-18-15-9-13(10(2)3)19-16(20-15)11-5-6-14(21)12(17)8-11/h5-6,8-10,21H,4,7H2,1-3H3,(H,18,19,20). The minimum Gasteiger partial charge on any atom is -0.506 e. The van der Waals surface area contributed by atoms with Crippen LogP contribution >= 0.6 is 11.6 Å². The number of aromatic nitrogens is 2. The van der Waals surface area contributed by atoms with Crippen molar-refractivity contribution < 1.29 is 5.11 Å². The van der Waals surface area contributed by atoms with Gasteiger partial charge in [0.2, 0.25) is 0 Å². The van der Waals surface area contributed by atoms with Gasteiger partial charge < -0.3 is 10.4 Å². The van der Waals surface area contributed by atoms with E-state index in [9.17, 15) is 5.11 Å². The summed E-state index contributed by atoms with van der Waals surface area (Å²) in [4.78, 5) is 9.12. The molecule has 2 aromatic rings. The SMILES string of the molecule is CCCNc1cc(C(C)C)nc(-c2ccc(O)c(Cl)c2)n1. The van der Waals surface area contributed by atoms with Crippen molar-refractivity contribution in [3.05, 3.63) is 35.0 Å². The van der Waals surface area contributed by atoms with Crippen LogP contribution in [0.3, 0.4) is 0 Å². The van der Waals surface area contributed by atoms with E-state index in [1.54, 1.807) is 18.2 Å². The quantitative estimate of drug-likeness (QED) is 0.857. The van der Waals surface area contributed by atoms with E-state index in [0.29, 0.717) is 16.8 Å². The van der Waals surface area contributed by atoms with E-state index in [-0.39, 0.29) is 5.75 Å². The molecular weight excluding hydrogens is 286 g/mol. The lowest BCUT2D eigenvalue weighted by Crippen LogP contribution is -2.06. The summed E-state index contributed by atoms with van der Waals surface area (Å²) in [6, 6.07) is 6.98. The van der Waals surface area contributed by atoms with Gasteiger partial charge in [0.15, 0.2) is 5.82 Å². The zero-order chi connectivity index (χ0) is 15.4. The minimum absolute atomic E-state index is 0.0600. The number of aromatic hydroxyl groups is 1. The van der Waals surface area contributed by atoms with Gasteiger partial charge in [0.1, 0.15) is 11.6 Å². The molecule has 0 aliphatic rings. The van der Waals surface area contributed by atoms with Crippen LogP contribution in [0.15, 0.2) is 24.3 Å². The molecule has 1 aromatic heterocycles. The second kappa shape index (κ2) is 6.76. The third kappa shape index (κ3) is 3.85. The molecule has 0 aliphatic carbocycles. The third-order valence-corrected chi connectivity index (χ3v) is 3.40. The Balaban J connectivity index is 2.45. The molecule has 0 fully saturated rings. The molecule has 1 heterocycles. The smallest absolute Gasteiger partial charge is 0.161 e. The van der Waals surface area contributed by atoms with E-state index in [0.717, 1.165) is 30.0 Å². The average Bonchev–Trinajstić information content (AvgIpc) is 2.47. The van der Waals surface area contributed by atoms with Crippen LogP contribution in [0.5, 0.6) is 5.75 Å². The van der Waals surface area contributed by atoms with E-state index in [4.69, 9.17) is 11.6 Å². The summed E-state index contributed by atoms with van der Waals surface area (Å²) in [6.45, 7) is 7.17. The van der Waals surface area contributed by atoms with Gasteiger partial charge in [0.25, 0.3) is 0 Å². The Labute approximate surface area is 130 Å². The fourth-order valence-corrected chi connectivity index (χ4v) is 2.06. The molecule has 2 rings (SSSR count). The highest BCUT2D eigenvalue weighted by Gasteiger charge is 2.11. The molecule has 0 amide bonds. The number of hydrogen-bond acceptors (Lipinski definition) is 4. The lowest BCUT2D eigenvalue weighted by atomic mass is 10.1. The number of nitrogens with one attached hydrogen (secondary N) is 1. The average molecular weight is 306 g/mol. The van der Waals surface area contributed by atoms with Crippen LogP contribution < -0.4 is 5.32 Å². The number of benzene rings is 1. The van der Waals surface area contributed by atoms with Crippen molar-refractivity contribution in [2.24, 2.45) is 0 Å². The molecule has 1 aromatic carbocycles. The van der Waals surface area contributed by atoms with Crippen molar-refractivity contribution in [3.8, 4) is 17.1 Å². The maximum Gasteiger partial charge on any atom is 0.161 e. The van der Waals surface area contributed by atoms with Gasteiger partial charge in [-0.15, -0.1) is 0 Å². The molecule has 0 bridgehead atoms. The van der Waals surface area contributed by atoms with Gasteiger partial charge in [-0.2, -0.15) is 0 Å². The third-order valence-electron chi connectivity index (χ3n) is 3.10. The molecule has 2 N–H and O–H groups in total. The van der Waals surface area contributed by atoms with Crippen molar-refractivity contribution >= 4 is 17.4 Å². The van der Waals surface area contributed by atoms with E-state index < -0.39 is 0 Å². The van der Waals surface area contributed by atoms with Gasteiger partial charge in [-0.05, 0) is 30.5 Å². The molecule has 112 valence electrons. The summed E-state index contributed by atoms with van der Waals surface area (Å²) in [5.74, 6) is 1.79. The summed E-state index contributed by atoms with van der Waals surface area (Å²) in [5.41, 5.74) is 1.77. The van der Waals surface area contributed by atoms with Gasteiger partial charge in [0.05, 0.1) is 5.02 Å². The molecule has 0 saturated heterocycles. The zero-order valence-electron chi connectivity index (χ0n) is 12.5. The highest BCUT2D eigenvalue weighted by atomic mass is 35.5. The summed E-state index contributed by atoms with van der Waals surface area (Å²) in [7, 11) is 0. The van der Waals surface area contributed by atoms with Crippen molar-refractivity contribution in [2.45, 2.75) is 33.1 Å². The first-order valence-electron chi connectivity index (χ1n) is 7.13. The summed E-state index contributed by atoms with van der Waals surface area (Å²) >= 11 is 5.97. The number of phenols is 1. The van der Waals surface area contributed by atoms with Crippen LogP contribution in [0.4, 0.5) is 5.82 Å². The molecule has 4 nitrogen and oxygen atoms in total. The molecule has 0 aliphatic heterocycles. The Morgan fingerprint density at radius 2 is 2.00 bits per heavy atom. The Kier molecular flexibility index (Phi) is 5.02. The maximum atomic E-state index is 9.52. The van der Waals surface area contributed by atoms with Crippen LogP contribution in [0, 0.1) is 0 Å². The summed E-state index contributed by atoms with van der Waals surface area (Å²) in [6.07, 6.45) is 1.03. The highest BCUT2D eigenvalue weighted by Crippen LogP contribution is 2.29. The Hall–Kier alpha value is -1.81. The first-order valence-corrected chi connectivity index (χ1v) is 7.50. The topological polar surface area (TPSA) is 58.0 Å². The molecule has 0 spiro atoms. The Bertz CT molecular complexity index is 629. The highest BCUT2D eigenvalue weighted by molar-refractivity contribution is 6.32. The van der Waals surface area contributed by atoms with Gasteiger partial charge >= 0.3 is 0 Å². The predicted molar refractivity (Wildman–Crippen MR) is 87.0 cm³/mol. The van der Waals surface area contributed by atoms with Gasteiger partial charge in [0, 0.05) is 23.9 Å². The maximum absolute atomic E-state index is 9.52. The molecule has 0 radical (unpaired) electrons. The van der Waals surface area contributed by atoms with E-state index >= 15 is 0 Å². The van der Waals surface area contributed by atoms with Crippen LogP contribution in [0.1, 0.15) is 38.8 Å². The van der Waals surface area contributed by atoms with Gasteiger partial charge in [-0.25, -0.2) is 9.97 Å². The second-order valence-electron chi connectivity index (χ2n) is 5.25. The normalized spacial score (nSPS) is 10.9. The minimum atomic E-state index is 0.0600. The summed E-state index contributed by atoms with van der Waals surface area (Å²) < 4.78 is 0. The number of phenolic OH excluding ortho intramolecular Hbond substituents is 1. The number of hydrogen-bond donors (Lipinski definition) is 2. The molecule has 0 saturated carbocycles. The van der Waals surface area contributed by atoms with E-state index in [1.807, 2.05) is 6.07 Å². The fraction of sp³-hybridized carbons (Fsp3) is 0.375. The number of rotatable bonds is 5. The van der Waals surface area contributed by atoms with Crippen LogP contribution in [0.25, 0.3) is 11.4 Å². The first-order chi connectivity index (χ1) is 10.0. The van der Waals surface area contributed by atoms with Crippen molar-refractivity contribution in [2.75, 3.05) is 11.9 Å². The first kappa shape index (κ1) is 15.6. The predicted octanol–water partition coefficient (Wildman–Crippen LogP) is 4.45. The van der Waals surface area contributed by atoms with Crippen LogP contribution in [-0.4, -0.2) is 21.6 Å². The molecular formula is C16H20ClN3O. The van der Waals surface area contributed by atoms with E-state index in [1.165, 1.54) is 0 Å². The van der Waals surface area contributed by atoms with Crippen molar-refractivity contribution in [1.82, 2.24) is 9.97 Å². The van der Waals surface area contributed by atoms with Crippen molar-refractivity contribution in [3.63, 3.8) is 0 Å². The lowest BCUT2D eigenvalue weighted by Gasteiger charge is -2.12. The number of anilines is 1. The molecule has 5 heteroatoms. The number of nitrogens with zero attached hydrogens (tertiary/aromatic N) is 2. The summed E-state index contributed by atoms with van der Waals surface area (Å²) in [5, 5.41) is 13.1. The molecule has 21 heavy (non-hydrogen) atoms. The molecule has 0 unspecified atom stereocenters. The monoisotopic (exact) mass is 305 g/mol. The zero-order valence-corrected chi connectivity index (χ0v) is 13.3. The van der Waals surface area contributed by atoms with Crippen molar-refractivity contribution in [1.29, 1.82) is 0 Å². The fourth-order valence-electron chi connectivity index (χ4n) is 1.88. The van der Waals surface area contributed by atoms with Gasteiger partial charge in [-0.1, -0.05) is 32.4 Å². The van der Waals surface area contributed by atoms with Gasteiger partial charge in [-0.3, -0.25) is 0 Å². The van der Waals surface area contributed by atoms with Crippen LogP contribution in [-0.2, 0) is 0 Å². The Morgan fingerprint density at radius 1 is 1.24 bits per heavy atom. The largest absolute Gasteiger partial charge is 0.506 e. The second-order valence-corrected chi connectivity index (χ2v) is 5.66. The van der Waals surface area contributed by atoms with Crippen LogP contribution in [0.2, 0.25) is 5.02 Å². The Morgan fingerprint density at radius 3 is 2.62 bits per heavy atom. The molecule has 0 atom stereocenters. The number of halogens is 1. The lowest BCUT2D eigenvalue weighted by molar-refractivity contribution is 0.475. The van der Waals surface area contributed by atoms with E-state index in [2.05, 4.69) is 36.1 Å².